The van der Waals surface area contributed by atoms with Crippen LogP contribution in [0.1, 0.15) is 10.4 Å². The highest BCUT2D eigenvalue weighted by molar-refractivity contribution is 6.76. The quantitative estimate of drug-likeness (QED) is 0.255. The van der Waals surface area contributed by atoms with Gasteiger partial charge in [0.05, 0.1) is 23.0 Å². The number of nitrogens with zero attached hydrogens (tertiary/aromatic N) is 3. The number of hydrogen-bond donors (Lipinski definition) is 1. The number of aromatic carboxylic acids is 1. The van der Waals surface area contributed by atoms with Crippen molar-refractivity contribution in [1.82, 2.24) is 9.78 Å². The molecule has 3 aromatic rings. The molecule has 7 heteroatoms. The monoisotopic (exact) mass is 407 g/mol. The van der Waals surface area contributed by atoms with Gasteiger partial charge in [-0.15, -0.1) is 0 Å². The highest BCUT2D eigenvalue weighted by atomic mass is 28.3. The average molecular weight is 408 g/mol. The fourth-order valence-corrected chi connectivity index (χ4v) is 3.74. The van der Waals surface area contributed by atoms with Crippen LogP contribution in [-0.2, 0) is 4.74 Å². The Hall–Kier alpha value is -3.08. The van der Waals surface area contributed by atoms with Crippen LogP contribution in [0.2, 0.25) is 25.7 Å². The Bertz CT molecular complexity index is 1060. The van der Waals surface area contributed by atoms with E-state index in [4.69, 9.17) is 11.2 Å². The maximum absolute atomic E-state index is 11.8. The number of anilines is 2. The molecule has 0 spiro atoms. The summed E-state index contributed by atoms with van der Waals surface area (Å²) >= 11 is 0. The number of terminal acetylenes is 1. The Balaban J connectivity index is 1.99. The van der Waals surface area contributed by atoms with E-state index in [0.717, 1.165) is 22.6 Å². The first-order valence-electron chi connectivity index (χ1n) is 9.42. The van der Waals surface area contributed by atoms with Gasteiger partial charge in [0.15, 0.2) is 0 Å². The molecule has 0 aliphatic carbocycles. The molecule has 0 amide bonds. The van der Waals surface area contributed by atoms with Crippen molar-refractivity contribution in [1.29, 1.82) is 0 Å². The summed E-state index contributed by atoms with van der Waals surface area (Å²) in [7, 11) is -1.23. The van der Waals surface area contributed by atoms with Gasteiger partial charge in [0, 0.05) is 31.8 Å². The standard InChI is InChI=1S/C22H25N3O3Si/c1-5-25-21-14-18(11-10-17(21)15-23-25)24(16-28-12-13-29(2,3)4)20-9-7-6-8-19(20)22(26)27/h1,6-11,14-15H,12-13,16H2,2-4H3,(H,26,27). The number of fused-ring (bicyclic) bond motifs is 1. The molecular weight excluding hydrogens is 382 g/mol. The molecule has 0 radical (unpaired) electrons. The lowest BCUT2D eigenvalue weighted by Gasteiger charge is -2.27. The van der Waals surface area contributed by atoms with E-state index >= 15 is 0 Å². The van der Waals surface area contributed by atoms with Crippen LogP contribution in [0, 0.1) is 12.5 Å². The van der Waals surface area contributed by atoms with E-state index in [1.807, 2.05) is 29.2 Å². The number of carboxylic acid groups (broad SMARTS) is 1. The Kier molecular flexibility index (Phi) is 6.06. The number of para-hydroxylation sites is 1. The molecule has 2 aromatic carbocycles. The zero-order chi connectivity index (χ0) is 21.0. The largest absolute Gasteiger partial charge is 0.478 e. The Morgan fingerprint density at radius 3 is 2.72 bits per heavy atom. The van der Waals surface area contributed by atoms with Crippen LogP contribution < -0.4 is 4.90 Å². The van der Waals surface area contributed by atoms with E-state index in [1.54, 1.807) is 24.4 Å². The van der Waals surface area contributed by atoms with Crippen LogP contribution in [-0.4, -0.2) is 42.3 Å². The number of ether oxygens (including phenoxy) is 1. The Morgan fingerprint density at radius 1 is 1.28 bits per heavy atom. The highest BCUT2D eigenvalue weighted by Gasteiger charge is 2.19. The van der Waals surface area contributed by atoms with Gasteiger partial charge in [-0.25, -0.2) is 4.79 Å². The SMILES string of the molecule is C#Cn1ncc2ccc(N(COCC[Si](C)(C)C)c3ccccc3C(=O)O)cc21. The van der Waals surface area contributed by atoms with Crippen LogP contribution in [0.15, 0.2) is 48.7 Å². The molecule has 0 unspecified atom stereocenters. The van der Waals surface area contributed by atoms with Crippen molar-refractivity contribution >= 4 is 36.3 Å². The molecule has 0 aliphatic heterocycles. The maximum atomic E-state index is 11.8. The molecule has 0 saturated heterocycles. The summed E-state index contributed by atoms with van der Waals surface area (Å²) in [6.45, 7) is 7.75. The Labute approximate surface area is 171 Å². The zero-order valence-electron chi connectivity index (χ0n) is 16.9. The lowest BCUT2D eigenvalue weighted by Crippen LogP contribution is -2.26. The molecule has 6 nitrogen and oxygen atoms in total. The minimum Gasteiger partial charge on any atom is -0.478 e. The third-order valence-corrected chi connectivity index (χ3v) is 6.33. The summed E-state index contributed by atoms with van der Waals surface area (Å²) in [5, 5.41) is 14.7. The maximum Gasteiger partial charge on any atom is 0.337 e. The molecule has 0 fully saturated rings. The number of rotatable bonds is 8. The second-order valence-electron chi connectivity index (χ2n) is 8.03. The van der Waals surface area contributed by atoms with Crippen LogP contribution in [0.5, 0.6) is 0 Å². The Morgan fingerprint density at radius 2 is 2.03 bits per heavy atom. The minimum absolute atomic E-state index is 0.215. The van der Waals surface area contributed by atoms with E-state index in [1.165, 1.54) is 4.68 Å². The minimum atomic E-state index is -1.23. The van der Waals surface area contributed by atoms with Crippen LogP contribution in [0.25, 0.3) is 10.9 Å². The summed E-state index contributed by atoms with van der Waals surface area (Å²) in [6.07, 6.45) is 7.25. The van der Waals surface area contributed by atoms with Gasteiger partial charge < -0.3 is 14.7 Å². The van der Waals surface area contributed by atoms with Gasteiger partial charge in [-0.05, 0) is 36.4 Å². The van der Waals surface area contributed by atoms with Crippen LogP contribution in [0.3, 0.4) is 0 Å². The summed E-state index contributed by atoms with van der Waals surface area (Å²) in [6, 6.07) is 16.2. The first-order chi connectivity index (χ1) is 13.8. The van der Waals surface area contributed by atoms with Gasteiger partial charge in [0.2, 0.25) is 0 Å². The molecule has 0 atom stereocenters. The molecule has 1 N–H and O–H groups in total. The van der Waals surface area contributed by atoms with Gasteiger partial charge in [-0.3, -0.25) is 0 Å². The first-order valence-corrected chi connectivity index (χ1v) is 13.1. The van der Waals surface area contributed by atoms with Gasteiger partial charge in [0.1, 0.15) is 6.73 Å². The number of aromatic nitrogens is 2. The van der Waals surface area contributed by atoms with Crippen LogP contribution >= 0.6 is 0 Å². The van der Waals surface area contributed by atoms with Crippen molar-refractivity contribution in [3.8, 4) is 12.5 Å². The third kappa shape index (κ3) is 4.85. The van der Waals surface area contributed by atoms with Gasteiger partial charge in [-0.2, -0.15) is 9.78 Å². The summed E-state index contributed by atoms with van der Waals surface area (Å²) < 4.78 is 7.43. The second-order valence-corrected chi connectivity index (χ2v) is 13.6. The van der Waals surface area contributed by atoms with Gasteiger partial charge in [-0.1, -0.05) is 38.2 Å². The number of carbonyl (C=O) groups is 1. The predicted octanol–water partition coefficient (Wildman–Crippen LogP) is 4.62. The second kappa shape index (κ2) is 8.51. The molecular formula is C22H25N3O3Si. The topological polar surface area (TPSA) is 67.6 Å². The molecule has 1 aromatic heterocycles. The average Bonchev–Trinajstić information content (AvgIpc) is 3.09. The summed E-state index contributed by atoms with van der Waals surface area (Å²) in [5.41, 5.74) is 2.35. The van der Waals surface area contributed by atoms with E-state index < -0.39 is 14.0 Å². The fraction of sp³-hybridized carbons (Fsp3) is 0.273. The molecule has 3 rings (SSSR count). The van der Waals surface area contributed by atoms with Crippen molar-refractivity contribution in [3.05, 3.63) is 54.2 Å². The smallest absolute Gasteiger partial charge is 0.337 e. The van der Waals surface area contributed by atoms with Crippen molar-refractivity contribution < 1.29 is 14.6 Å². The van der Waals surface area contributed by atoms with E-state index in [2.05, 4.69) is 30.8 Å². The third-order valence-electron chi connectivity index (χ3n) is 4.63. The molecule has 150 valence electrons. The van der Waals surface area contributed by atoms with Crippen molar-refractivity contribution in [2.75, 3.05) is 18.2 Å². The predicted molar refractivity (Wildman–Crippen MR) is 118 cm³/mol. The summed E-state index contributed by atoms with van der Waals surface area (Å²) in [4.78, 5) is 13.6. The first kappa shape index (κ1) is 20.6. The number of benzene rings is 2. The normalized spacial score (nSPS) is 11.4. The van der Waals surface area contributed by atoms with E-state index in [9.17, 15) is 9.90 Å². The molecule has 0 aliphatic rings. The summed E-state index contributed by atoms with van der Waals surface area (Å²) in [5.74, 6) is -0.984. The molecule has 1 heterocycles. The van der Waals surface area contributed by atoms with Crippen molar-refractivity contribution in [2.24, 2.45) is 0 Å². The highest BCUT2D eigenvalue weighted by Crippen LogP contribution is 2.31. The van der Waals surface area contributed by atoms with Gasteiger partial charge >= 0.3 is 5.97 Å². The lowest BCUT2D eigenvalue weighted by molar-refractivity contribution is 0.0697. The van der Waals surface area contributed by atoms with E-state index in [-0.39, 0.29) is 12.3 Å². The number of carboxylic acids is 1. The number of hydrogen-bond acceptors (Lipinski definition) is 4. The van der Waals surface area contributed by atoms with E-state index in [0.29, 0.717) is 12.3 Å². The molecule has 0 saturated carbocycles. The lowest BCUT2D eigenvalue weighted by atomic mass is 10.1. The van der Waals surface area contributed by atoms with Crippen molar-refractivity contribution in [2.45, 2.75) is 25.7 Å². The van der Waals surface area contributed by atoms with Gasteiger partial charge in [0.25, 0.3) is 0 Å². The molecule has 0 bridgehead atoms. The molecule has 29 heavy (non-hydrogen) atoms. The fourth-order valence-electron chi connectivity index (χ4n) is 2.98. The van der Waals surface area contributed by atoms with Crippen LogP contribution in [0.4, 0.5) is 11.4 Å². The van der Waals surface area contributed by atoms with Crippen molar-refractivity contribution in [3.63, 3.8) is 0 Å². The zero-order valence-corrected chi connectivity index (χ0v) is 17.9.